The van der Waals surface area contributed by atoms with Crippen molar-refractivity contribution in [3.8, 4) is 0 Å². The van der Waals surface area contributed by atoms with E-state index in [1.54, 1.807) is 36.4 Å². The fourth-order valence-electron chi connectivity index (χ4n) is 3.05. The lowest BCUT2D eigenvalue weighted by Crippen LogP contribution is -2.37. The van der Waals surface area contributed by atoms with Gasteiger partial charge in [-0.25, -0.2) is 5.43 Å². The van der Waals surface area contributed by atoms with Crippen LogP contribution in [0, 0.1) is 0 Å². The highest BCUT2D eigenvalue weighted by atomic mass is 16.3. The number of nitrogens with zero attached hydrogens (tertiary/aromatic N) is 1. The Morgan fingerprint density at radius 3 is 2.54 bits per heavy atom. The maximum absolute atomic E-state index is 12.6. The number of amides is 3. The van der Waals surface area contributed by atoms with Gasteiger partial charge < -0.3 is 15.1 Å². The number of hydrazone groups is 1. The monoisotopic (exact) mass is 382 g/mol. The lowest BCUT2D eigenvalue weighted by atomic mass is 9.95. The van der Waals surface area contributed by atoms with Crippen LogP contribution < -0.4 is 16.1 Å². The van der Waals surface area contributed by atoms with Gasteiger partial charge in [-0.3, -0.25) is 14.4 Å². The van der Waals surface area contributed by atoms with E-state index in [1.165, 1.54) is 18.9 Å². The summed E-state index contributed by atoms with van der Waals surface area (Å²) in [7, 11) is 0. The lowest BCUT2D eigenvalue weighted by molar-refractivity contribution is -0.136. The van der Waals surface area contributed by atoms with Gasteiger partial charge in [0.1, 0.15) is 5.76 Å². The van der Waals surface area contributed by atoms with Gasteiger partial charge in [0.2, 0.25) is 0 Å². The van der Waals surface area contributed by atoms with E-state index in [1.807, 2.05) is 0 Å². The van der Waals surface area contributed by atoms with Crippen LogP contribution in [0.3, 0.4) is 0 Å². The fourth-order valence-corrected chi connectivity index (χ4v) is 3.05. The van der Waals surface area contributed by atoms with Crippen LogP contribution in [-0.4, -0.2) is 30.0 Å². The summed E-state index contributed by atoms with van der Waals surface area (Å²) in [5.41, 5.74) is 2.70. The minimum atomic E-state index is -0.953. The number of furan rings is 1. The molecule has 1 aliphatic rings. The van der Waals surface area contributed by atoms with Gasteiger partial charge in [0.25, 0.3) is 5.91 Å². The van der Waals surface area contributed by atoms with E-state index in [9.17, 15) is 14.4 Å². The summed E-state index contributed by atoms with van der Waals surface area (Å²) >= 11 is 0. The Morgan fingerprint density at radius 2 is 1.79 bits per heavy atom. The van der Waals surface area contributed by atoms with Crippen LogP contribution >= 0.6 is 0 Å². The molecule has 8 heteroatoms. The number of carbonyl (C=O) groups excluding carboxylic acids is 3. The highest BCUT2D eigenvalue weighted by molar-refractivity contribution is 6.40. The van der Waals surface area contributed by atoms with Gasteiger partial charge in [0, 0.05) is 6.04 Å². The summed E-state index contributed by atoms with van der Waals surface area (Å²) in [6.07, 6.45) is 8.04. The molecule has 1 saturated carbocycles. The van der Waals surface area contributed by atoms with E-state index in [0.29, 0.717) is 11.3 Å². The first-order chi connectivity index (χ1) is 13.6. The van der Waals surface area contributed by atoms with Crippen molar-refractivity contribution in [2.45, 2.75) is 38.1 Å². The second-order valence-corrected chi connectivity index (χ2v) is 6.52. The van der Waals surface area contributed by atoms with E-state index >= 15 is 0 Å². The van der Waals surface area contributed by atoms with Crippen molar-refractivity contribution in [2.24, 2.45) is 5.10 Å². The molecule has 0 aliphatic heterocycles. The summed E-state index contributed by atoms with van der Waals surface area (Å²) in [5.74, 6) is -1.70. The number of para-hydroxylation sites is 1. The zero-order valence-corrected chi connectivity index (χ0v) is 15.3. The lowest BCUT2D eigenvalue weighted by Gasteiger charge is -2.23. The molecule has 3 amide bonds. The third kappa shape index (κ3) is 5.29. The molecule has 1 aliphatic carbocycles. The van der Waals surface area contributed by atoms with Gasteiger partial charge in [-0.1, -0.05) is 31.4 Å². The maximum Gasteiger partial charge on any atom is 0.329 e. The van der Waals surface area contributed by atoms with Crippen molar-refractivity contribution in [1.82, 2.24) is 10.7 Å². The van der Waals surface area contributed by atoms with Gasteiger partial charge in [-0.2, -0.15) is 5.10 Å². The molecule has 0 saturated heterocycles. The molecule has 1 aromatic carbocycles. The normalized spacial score (nSPS) is 14.6. The van der Waals surface area contributed by atoms with Crippen molar-refractivity contribution >= 4 is 29.6 Å². The second kappa shape index (κ2) is 9.50. The summed E-state index contributed by atoms with van der Waals surface area (Å²) in [5, 5.41) is 9.12. The van der Waals surface area contributed by atoms with Gasteiger partial charge in [0.15, 0.2) is 0 Å². The highest BCUT2D eigenvalue weighted by Crippen LogP contribution is 2.20. The third-order valence-corrected chi connectivity index (χ3v) is 4.47. The molecule has 8 nitrogen and oxygen atoms in total. The number of nitrogens with one attached hydrogen (secondary N) is 3. The number of carbonyl (C=O) groups is 3. The molecule has 0 radical (unpaired) electrons. The smallest absolute Gasteiger partial charge is 0.329 e. The third-order valence-electron chi connectivity index (χ3n) is 4.47. The van der Waals surface area contributed by atoms with Crippen LogP contribution in [0.1, 0.15) is 48.2 Å². The first-order valence-corrected chi connectivity index (χ1v) is 9.21. The Balaban J connectivity index is 1.59. The largest absolute Gasteiger partial charge is 0.463 e. The molecule has 3 rings (SSSR count). The van der Waals surface area contributed by atoms with E-state index < -0.39 is 11.8 Å². The summed E-state index contributed by atoms with van der Waals surface area (Å²) < 4.78 is 5.03. The van der Waals surface area contributed by atoms with Gasteiger partial charge in [-0.15, -0.1) is 0 Å². The number of hydrogen-bond acceptors (Lipinski definition) is 5. The minimum Gasteiger partial charge on any atom is -0.463 e. The first kappa shape index (κ1) is 19.3. The molecule has 28 heavy (non-hydrogen) atoms. The highest BCUT2D eigenvalue weighted by Gasteiger charge is 2.20. The summed E-state index contributed by atoms with van der Waals surface area (Å²) in [4.78, 5) is 36.6. The zero-order chi connectivity index (χ0) is 19.8. The summed E-state index contributed by atoms with van der Waals surface area (Å²) in [6, 6.07) is 10.0. The molecule has 1 fully saturated rings. The average Bonchev–Trinajstić information content (AvgIpc) is 3.22. The SMILES string of the molecule is O=C(NN=Cc1ccco1)C(=O)Nc1ccccc1C(=O)NC1CCCCC1. The van der Waals surface area contributed by atoms with Crippen LogP contribution in [0.4, 0.5) is 5.69 Å². The molecule has 1 aromatic heterocycles. The molecular weight excluding hydrogens is 360 g/mol. The van der Waals surface area contributed by atoms with Crippen molar-refractivity contribution in [3.63, 3.8) is 0 Å². The summed E-state index contributed by atoms with van der Waals surface area (Å²) in [6.45, 7) is 0. The van der Waals surface area contributed by atoms with E-state index in [0.717, 1.165) is 25.7 Å². The van der Waals surface area contributed by atoms with Gasteiger partial charge in [0.05, 0.1) is 23.7 Å². The first-order valence-electron chi connectivity index (χ1n) is 9.21. The average molecular weight is 382 g/mol. The van der Waals surface area contributed by atoms with E-state index in [2.05, 4.69) is 21.2 Å². The van der Waals surface area contributed by atoms with E-state index in [-0.39, 0.29) is 17.6 Å². The molecular formula is C20H22N4O4. The van der Waals surface area contributed by atoms with Crippen LogP contribution in [0.25, 0.3) is 0 Å². The van der Waals surface area contributed by atoms with Crippen LogP contribution in [0.2, 0.25) is 0 Å². The molecule has 0 unspecified atom stereocenters. The maximum atomic E-state index is 12.6. The molecule has 0 spiro atoms. The Bertz CT molecular complexity index is 855. The Hall–Kier alpha value is -3.42. The number of hydrogen-bond donors (Lipinski definition) is 3. The molecule has 2 aromatic rings. The number of rotatable bonds is 5. The standard InChI is InChI=1S/C20H22N4O4/c25-18(22-14-7-2-1-3-8-14)16-10-4-5-11-17(16)23-19(26)20(27)24-21-13-15-9-6-12-28-15/h4-6,9-14H,1-3,7-8H2,(H,22,25)(H,23,26)(H,24,27). The van der Waals surface area contributed by atoms with Crippen LogP contribution in [-0.2, 0) is 9.59 Å². The minimum absolute atomic E-state index is 0.143. The molecule has 0 bridgehead atoms. The molecule has 3 N–H and O–H groups in total. The van der Waals surface area contributed by atoms with Crippen molar-refractivity contribution < 1.29 is 18.8 Å². The second-order valence-electron chi connectivity index (χ2n) is 6.52. The van der Waals surface area contributed by atoms with Crippen LogP contribution in [0.5, 0.6) is 0 Å². The van der Waals surface area contributed by atoms with Crippen molar-refractivity contribution in [2.75, 3.05) is 5.32 Å². The molecule has 146 valence electrons. The molecule has 0 atom stereocenters. The van der Waals surface area contributed by atoms with Gasteiger partial charge in [-0.05, 0) is 37.1 Å². The molecule has 1 heterocycles. The predicted molar refractivity (Wildman–Crippen MR) is 104 cm³/mol. The topological polar surface area (TPSA) is 113 Å². The van der Waals surface area contributed by atoms with E-state index in [4.69, 9.17) is 4.42 Å². The number of anilines is 1. The number of benzene rings is 1. The van der Waals surface area contributed by atoms with Crippen LogP contribution in [0.15, 0.2) is 52.2 Å². The quantitative estimate of drug-likeness (QED) is 0.419. The van der Waals surface area contributed by atoms with Gasteiger partial charge >= 0.3 is 11.8 Å². The fraction of sp³-hybridized carbons (Fsp3) is 0.300. The Kier molecular flexibility index (Phi) is 6.56. The predicted octanol–water partition coefficient (Wildman–Crippen LogP) is 2.43. The van der Waals surface area contributed by atoms with Crippen molar-refractivity contribution in [3.05, 3.63) is 54.0 Å². The Morgan fingerprint density at radius 1 is 1.00 bits per heavy atom. The van der Waals surface area contributed by atoms with Crippen molar-refractivity contribution in [1.29, 1.82) is 0 Å². The zero-order valence-electron chi connectivity index (χ0n) is 15.3. The Labute approximate surface area is 162 Å².